The highest BCUT2D eigenvalue weighted by Crippen LogP contribution is 2.62. The average Bonchev–Trinajstić information content (AvgIpc) is 2.91. The van der Waals surface area contributed by atoms with Crippen LogP contribution < -0.4 is 21.1 Å². The number of esters is 1. The third kappa shape index (κ3) is 6.94. The van der Waals surface area contributed by atoms with E-state index < -0.39 is 40.6 Å². The number of nitrogens with two attached hydrogens (primary N) is 1. The van der Waals surface area contributed by atoms with E-state index in [0.717, 1.165) is 19.3 Å². The molecule has 0 aliphatic heterocycles. The number of amides is 3. The van der Waals surface area contributed by atoms with E-state index in [-0.39, 0.29) is 18.7 Å². The van der Waals surface area contributed by atoms with Crippen LogP contribution in [0.4, 0.5) is 18.0 Å². The van der Waals surface area contributed by atoms with E-state index in [1.54, 1.807) is 24.3 Å². The molecule has 1 fully saturated rings. The number of rotatable bonds is 9. The van der Waals surface area contributed by atoms with Crippen LogP contribution in [0.15, 0.2) is 48.5 Å². The minimum Gasteiger partial charge on any atom is -0.469 e. The summed E-state index contributed by atoms with van der Waals surface area (Å²) in [6, 6.07) is 11.4. The second-order valence-electron chi connectivity index (χ2n) is 11.4. The maximum Gasteiger partial charge on any atom is 0.573 e. The van der Waals surface area contributed by atoms with Crippen LogP contribution in [0.1, 0.15) is 80.8 Å². The Hall–Kier alpha value is -3.76. The summed E-state index contributed by atoms with van der Waals surface area (Å²) in [4.78, 5) is 36.9. The van der Waals surface area contributed by atoms with Gasteiger partial charge in [-0.15, -0.1) is 13.2 Å². The van der Waals surface area contributed by atoms with E-state index in [0.29, 0.717) is 29.5 Å². The van der Waals surface area contributed by atoms with Gasteiger partial charge in [-0.05, 0) is 53.6 Å². The molecule has 41 heavy (non-hydrogen) atoms. The van der Waals surface area contributed by atoms with Gasteiger partial charge in [0.1, 0.15) is 5.75 Å². The van der Waals surface area contributed by atoms with Crippen LogP contribution in [0.3, 0.4) is 0 Å². The summed E-state index contributed by atoms with van der Waals surface area (Å²) >= 11 is 0. The third-order valence-corrected chi connectivity index (χ3v) is 8.11. The zero-order chi connectivity index (χ0) is 30.5. The Labute approximate surface area is 238 Å². The number of nitrogens with one attached hydrogen (secondary N) is 2. The first kappa shape index (κ1) is 31.8. The molecule has 2 aromatic rings. The van der Waals surface area contributed by atoms with Crippen molar-refractivity contribution in [2.45, 2.75) is 71.2 Å². The summed E-state index contributed by atoms with van der Waals surface area (Å²) < 4.78 is 47.4. The molecule has 11 heteroatoms. The van der Waals surface area contributed by atoms with E-state index in [1.807, 2.05) is 0 Å². The molecule has 3 amide bonds. The molecule has 8 nitrogen and oxygen atoms in total. The molecule has 0 aromatic heterocycles. The van der Waals surface area contributed by atoms with Gasteiger partial charge in [0.05, 0.1) is 19.1 Å². The summed E-state index contributed by atoms with van der Waals surface area (Å²) in [6.07, 6.45) is -0.624. The second-order valence-corrected chi connectivity index (χ2v) is 11.4. The second kappa shape index (κ2) is 12.4. The molecule has 224 valence electrons. The first-order chi connectivity index (χ1) is 19.1. The lowest BCUT2D eigenvalue weighted by Gasteiger charge is -2.60. The SMILES string of the molecule is COC(=O)CCNC(=O)c1ccc(C(NC(N)=O)(c2ccc(OC(F)(F)F)cc2)C2(C(C)(C)C)CCCCC2)cc1. The van der Waals surface area contributed by atoms with Gasteiger partial charge in [0, 0.05) is 17.5 Å². The summed E-state index contributed by atoms with van der Waals surface area (Å²) in [5.41, 5.74) is 5.05. The molecule has 2 aromatic carbocycles. The van der Waals surface area contributed by atoms with Crippen molar-refractivity contribution in [1.82, 2.24) is 10.6 Å². The molecule has 0 spiro atoms. The van der Waals surface area contributed by atoms with Crippen molar-refractivity contribution in [3.8, 4) is 5.75 Å². The summed E-state index contributed by atoms with van der Waals surface area (Å²) in [7, 11) is 1.27. The Morgan fingerprint density at radius 3 is 1.90 bits per heavy atom. The topological polar surface area (TPSA) is 120 Å². The van der Waals surface area contributed by atoms with Crippen molar-refractivity contribution in [2.75, 3.05) is 13.7 Å². The number of alkyl halides is 3. The molecule has 0 heterocycles. The first-order valence-corrected chi connectivity index (χ1v) is 13.5. The van der Waals surface area contributed by atoms with Crippen molar-refractivity contribution < 1.29 is 37.0 Å². The van der Waals surface area contributed by atoms with Crippen LogP contribution in [0, 0.1) is 10.8 Å². The van der Waals surface area contributed by atoms with Gasteiger partial charge in [-0.3, -0.25) is 9.59 Å². The van der Waals surface area contributed by atoms with Gasteiger partial charge in [-0.2, -0.15) is 0 Å². The van der Waals surface area contributed by atoms with Gasteiger partial charge in [0.15, 0.2) is 0 Å². The summed E-state index contributed by atoms with van der Waals surface area (Å²) in [5, 5.41) is 5.71. The van der Waals surface area contributed by atoms with Gasteiger partial charge in [-0.1, -0.05) is 64.3 Å². The van der Waals surface area contributed by atoms with Gasteiger partial charge in [0.2, 0.25) is 0 Å². The highest BCUT2D eigenvalue weighted by atomic mass is 19.4. The lowest BCUT2D eigenvalue weighted by molar-refractivity contribution is -0.274. The fraction of sp³-hybridized carbons (Fsp3) is 0.500. The van der Waals surface area contributed by atoms with Crippen molar-refractivity contribution in [3.05, 3.63) is 65.2 Å². The van der Waals surface area contributed by atoms with Gasteiger partial charge in [-0.25, -0.2) is 4.79 Å². The van der Waals surface area contributed by atoms with Gasteiger partial charge >= 0.3 is 18.4 Å². The number of hydrogen-bond donors (Lipinski definition) is 3. The molecular formula is C30H38F3N3O5. The minimum atomic E-state index is -4.85. The van der Waals surface area contributed by atoms with E-state index in [9.17, 15) is 27.6 Å². The average molecular weight is 578 g/mol. The minimum absolute atomic E-state index is 0.0219. The largest absolute Gasteiger partial charge is 0.573 e. The number of methoxy groups -OCH3 is 1. The number of carbonyl (C=O) groups is 3. The van der Waals surface area contributed by atoms with Crippen molar-refractivity contribution in [2.24, 2.45) is 16.6 Å². The molecule has 1 atom stereocenters. The Morgan fingerprint density at radius 1 is 0.902 bits per heavy atom. The molecule has 1 aliphatic rings. The number of urea groups is 1. The Morgan fingerprint density at radius 2 is 1.44 bits per heavy atom. The standard InChI is InChI=1S/C30H38F3N3O5/c1-27(2,3)28(17-6-5-7-18-28)29(36-26(34)39,22-12-14-23(15-13-22)41-30(31,32)33)21-10-8-20(9-11-21)25(38)35-19-16-24(37)40-4/h8-15H,5-7,16-19H2,1-4H3,(H,35,38)(H3,34,36,39). The molecule has 0 radical (unpaired) electrons. The Balaban J connectivity index is 2.18. The normalized spacial score (nSPS) is 16.7. The highest BCUT2D eigenvalue weighted by Gasteiger charge is 2.59. The molecule has 4 N–H and O–H groups in total. The van der Waals surface area contributed by atoms with Crippen LogP contribution in [-0.4, -0.2) is 37.9 Å². The van der Waals surface area contributed by atoms with E-state index >= 15 is 0 Å². The lowest BCUT2D eigenvalue weighted by atomic mass is 9.47. The molecule has 1 unspecified atom stereocenters. The summed E-state index contributed by atoms with van der Waals surface area (Å²) in [6.45, 7) is 6.35. The third-order valence-electron chi connectivity index (χ3n) is 8.11. The van der Waals surface area contributed by atoms with Crippen LogP contribution in [0.2, 0.25) is 0 Å². The fourth-order valence-corrected chi connectivity index (χ4v) is 6.27. The lowest BCUT2D eigenvalue weighted by Crippen LogP contribution is -2.64. The number of ether oxygens (including phenoxy) is 2. The fourth-order valence-electron chi connectivity index (χ4n) is 6.27. The summed E-state index contributed by atoms with van der Waals surface area (Å²) in [5.74, 6) is -1.23. The van der Waals surface area contributed by atoms with Crippen molar-refractivity contribution >= 4 is 17.9 Å². The van der Waals surface area contributed by atoms with Crippen LogP contribution >= 0.6 is 0 Å². The number of carbonyl (C=O) groups excluding carboxylic acids is 3. The maximum atomic E-state index is 12.9. The van der Waals surface area contributed by atoms with Crippen molar-refractivity contribution in [1.29, 1.82) is 0 Å². The van der Waals surface area contributed by atoms with Crippen molar-refractivity contribution in [3.63, 3.8) is 0 Å². The molecule has 1 aliphatic carbocycles. The molecule has 1 saturated carbocycles. The zero-order valence-corrected chi connectivity index (χ0v) is 23.8. The predicted molar refractivity (Wildman–Crippen MR) is 147 cm³/mol. The molecular weight excluding hydrogens is 539 g/mol. The first-order valence-electron chi connectivity index (χ1n) is 13.5. The molecule has 0 saturated heterocycles. The number of benzene rings is 2. The number of halogens is 3. The smallest absolute Gasteiger partial charge is 0.469 e. The number of hydrogen-bond acceptors (Lipinski definition) is 5. The van der Waals surface area contributed by atoms with Crippen LogP contribution in [0.25, 0.3) is 0 Å². The van der Waals surface area contributed by atoms with E-state index in [1.165, 1.54) is 31.4 Å². The van der Waals surface area contributed by atoms with E-state index in [4.69, 9.17) is 5.73 Å². The molecule has 0 bridgehead atoms. The maximum absolute atomic E-state index is 12.9. The van der Waals surface area contributed by atoms with Crippen LogP contribution in [0.5, 0.6) is 5.75 Å². The molecule has 3 rings (SSSR count). The monoisotopic (exact) mass is 577 g/mol. The van der Waals surface area contributed by atoms with Crippen LogP contribution in [-0.2, 0) is 15.1 Å². The zero-order valence-electron chi connectivity index (χ0n) is 23.8. The van der Waals surface area contributed by atoms with Gasteiger partial charge in [0.25, 0.3) is 5.91 Å². The van der Waals surface area contributed by atoms with E-state index in [2.05, 4.69) is 40.9 Å². The highest BCUT2D eigenvalue weighted by molar-refractivity contribution is 5.94. The predicted octanol–water partition coefficient (Wildman–Crippen LogP) is 5.79. The Kier molecular flexibility index (Phi) is 9.61. The quantitative estimate of drug-likeness (QED) is 0.326. The van der Waals surface area contributed by atoms with Gasteiger partial charge < -0.3 is 25.8 Å². The Bertz CT molecular complexity index is 1220. The number of primary amides is 1.